The summed E-state index contributed by atoms with van der Waals surface area (Å²) < 4.78 is 22.1. The van der Waals surface area contributed by atoms with E-state index in [2.05, 4.69) is 4.99 Å². The van der Waals surface area contributed by atoms with Crippen LogP contribution in [0.3, 0.4) is 0 Å². The molecular formula is C6H13NO2S2. The van der Waals surface area contributed by atoms with Crippen LogP contribution in [0.15, 0.2) is 4.99 Å². The Balaban J connectivity index is 4.70. The molecule has 0 aliphatic heterocycles. The van der Waals surface area contributed by atoms with Gasteiger partial charge in [0.05, 0.1) is 0 Å². The summed E-state index contributed by atoms with van der Waals surface area (Å²) in [6.07, 6.45) is 2.88. The van der Waals surface area contributed by atoms with Gasteiger partial charge in [-0.3, -0.25) is 4.99 Å². The van der Waals surface area contributed by atoms with Gasteiger partial charge in [-0.05, 0) is 20.1 Å². The fraction of sp³-hybridized carbons (Fsp3) is 0.833. The summed E-state index contributed by atoms with van der Waals surface area (Å²) in [4.78, 5) is 3.96. The lowest BCUT2D eigenvalue weighted by Crippen LogP contribution is -2.10. The van der Waals surface area contributed by atoms with E-state index in [1.54, 1.807) is 6.26 Å². The minimum Gasteiger partial charge on any atom is -0.265 e. The van der Waals surface area contributed by atoms with Gasteiger partial charge in [0.1, 0.15) is 0 Å². The van der Waals surface area contributed by atoms with Crippen molar-refractivity contribution in [1.29, 1.82) is 0 Å². The summed E-state index contributed by atoms with van der Waals surface area (Å²) >= 11 is 1.17. The van der Waals surface area contributed by atoms with Crippen molar-refractivity contribution < 1.29 is 8.42 Å². The number of hydrogen-bond acceptors (Lipinski definition) is 4. The molecule has 0 spiro atoms. The third kappa shape index (κ3) is 4.42. The highest BCUT2D eigenvalue weighted by Gasteiger charge is 2.11. The van der Waals surface area contributed by atoms with Gasteiger partial charge in [0, 0.05) is 12.3 Å². The second-order valence-electron chi connectivity index (χ2n) is 2.47. The van der Waals surface area contributed by atoms with Crippen LogP contribution < -0.4 is 0 Å². The molecule has 0 atom stereocenters. The highest BCUT2D eigenvalue weighted by Crippen LogP contribution is 2.06. The van der Waals surface area contributed by atoms with Crippen molar-refractivity contribution in [3.63, 3.8) is 0 Å². The summed E-state index contributed by atoms with van der Waals surface area (Å²) in [5, 5.41) is 0. The van der Waals surface area contributed by atoms with Crippen LogP contribution in [0.25, 0.3) is 0 Å². The Morgan fingerprint density at radius 1 is 1.45 bits per heavy atom. The van der Waals surface area contributed by atoms with Gasteiger partial charge in [-0.2, -0.15) is 0 Å². The second kappa shape index (κ2) is 4.11. The molecule has 0 saturated carbocycles. The molecule has 0 N–H and O–H groups in total. The monoisotopic (exact) mass is 195 g/mol. The average molecular weight is 195 g/mol. The van der Waals surface area contributed by atoms with Crippen LogP contribution in [0.4, 0.5) is 0 Å². The Bertz CT molecular complexity index is 241. The molecule has 3 nitrogen and oxygen atoms in total. The zero-order valence-corrected chi connectivity index (χ0v) is 8.79. The largest absolute Gasteiger partial charge is 0.265 e. The predicted octanol–water partition coefficient (Wildman–Crippen LogP) is 1.16. The van der Waals surface area contributed by atoms with E-state index in [-0.39, 0.29) is 10.4 Å². The van der Waals surface area contributed by atoms with E-state index >= 15 is 0 Å². The van der Waals surface area contributed by atoms with Gasteiger partial charge in [0.15, 0.2) is 14.2 Å². The molecule has 0 aliphatic rings. The van der Waals surface area contributed by atoms with Crippen molar-refractivity contribution in [2.45, 2.75) is 19.9 Å². The molecule has 66 valence electrons. The zero-order chi connectivity index (χ0) is 9.07. The molecule has 0 aromatic rings. The average Bonchev–Trinajstić information content (AvgIpc) is 1.79. The number of rotatable bonds is 1. The normalized spacial score (nSPS) is 14.1. The SMILES string of the molecule is CSC(=NC(C)C)S(C)(=O)=O. The smallest absolute Gasteiger partial charge is 0.198 e. The molecule has 0 saturated heterocycles. The first-order valence-electron chi connectivity index (χ1n) is 3.19. The van der Waals surface area contributed by atoms with E-state index in [9.17, 15) is 8.42 Å². The second-order valence-corrected chi connectivity index (χ2v) is 5.45. The van der Waals surface area contributed by atoms with Gasteiger partial charge in [0.25, 0.3) is 0 Å². The van der Waals surface area contributed by atoms with E-state index < -0.39 is 9.84 Å². The topological polar surface area (TPSA) is 46.5 Å². The molecule has 5 heteroatoms. The zero-order valence-electron chi connectivity index (χ0n) is 7.16. The van der Waals surface area contributed by atoms with Crippen LogP contribution in [0.2, 0.25) is 0 Å². The third-order valence-corrected chi connectivity index (χ3v) is 3.46. The van der Waals surface area contributed by atoms with Gasteiger partial charge in [-0.1, -0.05) is 11.8 Å². The summed E-state index contributed by atoms with van der Waals surface area (Å²) in [6.45, 7) is 3.70. The fourth-order valence-electron chi connectivity index (χ4n) is 0.511. The highest BCUT2D eigenvalue weighted by atomic mass is 32.3. The van der Waals surface area contributed by atoms with E-state index in [0.29, 0.717) is 0 Å². The molecule has 0 aromatic heterocycles. The fourth-order valence-corrected chi connectivity index (χ4v) is 2.44. The Morgan fingerprint density at radius 3 is 2.00 bits per heavy atom. The van der Waals surface area contributed by atoms with Crippen molar-refractivity contribution in [2.75, 3.05) is 12.5 Å². The Labute approximate surface area is 72.2 Å². The van der Waals surface area contributed by atoms with Crippen LogP contribution in [0.1, 0.15) is 13.8 Å². The van der Waals surface area contributed by atoms with Crippen LogP contribution in [0.5, 0.6) is 0 Å². The maximum absolute atomic E-state index is 10.9. The molecule has 0 heterocycles. The molecule has 11 heavy (non-hydrogen) atoms. The molecule has 0 aliphatic carbocycles. The number of hydrogen-bond donors (Lipinski definition) is 0. The van der Waals surface area contributed by atoms with Gasteiger partial charge in [-0.15, -0.1) is 0 Å². The van der Waals surface area contributed by atoms with Crippen molar-refractivity contribution >= 4 is 26.0 Å². The first-order valence-corrected chi connectivity index (χ1v) is 6.31. The molecule has 0 radical (unpaired) electrons. The summed E-state index contributed by atoms with van der Waals surface area (Å²) in [7, 11) is -3.10. The molecular weight excluding hydrogens is 182 g/mol. The summed E-state index contributed by atoms with van der Waals surface area (Å²) in [5.41, 5.74) is 0. The van der Waals surface area contributed by atoms with Crippen LogP contribution in [-0.2, 0) is 9.84 Å². The van der Waals surface area contributed by atoms with E-state index in [1.165, 1.54) is 18.0 Å². The van der Waals surface area contributed by atoms with Crippen molar-refractivity contribution in [3.05, 3.63) is 0 Å². The molecule has 0 fully saturated rings. The van der Waals surface area contributed by atoms with E-state index in [4.69, 9.17) is 0 Å². The van der Waals surface area contributed by atoms with E-state index in [1.807, 2.05) is 13.8 Å². The van der Waals surface area contributed by atoms with Crippen molar-refractivity contribution in [3.8, 4) is 0 Å². The number of thioether (sulfide) groups is 1. The lowest BCUT2D eigenvalue weighted by atomic mass is 10.4. The van der Waals surface area contributed by atoms with Crippen molar-refractivity contribution in [2.24, 2.45) is 4.99 Å². The van der Waals surface area contributed by atoms with Crippen molar-refractivity contribution in [1.82, 2.24) is 0 Å². The number of sulfone groups is 1. The first kappa shape index (κ1) is 11.0. The van der Waals surface area contributed by atoms with Crippen LogP contribution in [-0.4, -0.2) is 31.3 Å². The summed E-state index contributed by atoms with van der Waals surface area (Å²) in [5.74, 6) is 0. The first-order chi connectivity index (χ1) is 4.88. The molecule has 0 rings (SSSR count). The molecule has 0 unspecified atom stereocenters. The van der Waals surface area contributed by atoms with Gasteiger partial charge < -0.3 is 0 Å². The Morgan fingerprint density at radius 2 is 1.91 bits per heavy atom. The lowest BCUT2D eigenvalue weighted by Gasteiger charge is -2.01. The Hall–Kier alpha value is -0.0300. The number of aliphatic imine (C=N–C) groups is 1. The maximum Gasteiger partial charge on any atom is 0.198 e. The van der Waals surface area contributed by atoms with Crippen LogP contribution >= 0.6 is 11.8 Å². The summed E-state index contributed by atoms with van der Waals surface area (Å²) in [6, 6.07) is 0.0344. The quantitative estimate of drug-likeness (QED) is 0.466. The van der Waals surface area contributed by atoms with Gasteiger partial charge >= 0.3 is 0 Å². The molecule has 0 bridgehead atoms. The van der Waals surface area contributed by atoms with Gasteiger partial charge in [0.2, 0.25) is 0 Å². The van der Waals surface area contributed by atoms with Crippen LogP contribution in [0, 0.1) is 0 Å². The molecule has 0 aromatic carbocycles. The standard InChI is InChI=1S/C6H13NO2S2/c1-5(2)7-6(10-3)11(4,8)9/h5H,1-4H3. The minimum atomic E-state index is -3.10. The minimum absolute atomic E-state index is 0.0344. The highest BCUT2D eigenvalue weighted by molar-refractivity contribution is 8.34. The predicted molar refractivity (Wildman–Crippen MR) is 50.9 cm³/mol. The Kier molecular flexibility index (Phi) is 4.10. The molecule has 0 amide bonds. The van der Waals surface area contributed by atoms with Gasteiger partial charge in [-0.25, -0.2) is 8.42 Å². The number of nitrogens with zero attached hydrogens (tertiary/aromatic N) is 1. The maximum atomic E-state index is 10.9. The lowest BCUT2D eigenvalue weighted by molar-refractivity contribution is 0.612. The van der Waals surface area contributed by atoms with E-state index in [0.717, 1.165) is 0 Å². The third-order valence-electron chi connectivity index (χ3n) is 0.855.